The van der Waals surface area contributed by atoms with E-state index in [0.717, 1.165) is 37.4 Å². The predicted octanol–water partition coefficient (Wildman–Crippen LogP) is 3.26. The number of hydrogen-bond donors (Lipinski definition) is 1. The highest BCUT2D eigenvalue weighted by molar-refractivity contribution is 7.89. The summed E-state index contributed by atoms with van der Waals surface area (Å²) in [5.74, 6) is 0.825. The topological polar surface area (TPSA) is 87.5 Å². The van der Waals surface area contributed by atoms with E-state index >= 15 is 0 Å². The third kappa shape index (κ3) is 6.77. The average molecular weight is 480 g/mol. The molecule has 1 amide bonds. The molecule has 0 saturated carbocycles. The number of aromatic nitrogens is 2. The number of benzene rings is 1. The number of fused-ring (bicyclic) bond motifs is 1. The van der Waals surface area contributed by atoms with E-state index in [0.29, 0.717) is 44.0 Å². The van der Waals surface area contributed by atoms with Crippen molar-refractivity contribution < 1.29 is 13.2 Å². The molecule has 0 bridgehead atoms. The summed E-state index contributed by atoms with van der Waals surface area (Å²) in [6, 6.07) is 5.61. The second-order valence-electron chi connectivity index (χ2n) is 8.49. The van der Waals surface area contributed by atoms with E-state index in [1.165, 1.54) is 4.31 Å². The van der Waals surface area contributed by atoms with Crippen LogP contribution in [0.5, 0.6) is 0 Å². The molecule has 0 aliphatic carbocycles. The molecular formula is C24H41N5O3S. The Bertz CT molecular complexity index is 1010. The lowest BCUT2D eigenvalue weighted by Crippen LogP contribution is -2.38. The van der Waals surface area contributed by atoms with Gasteiger partial charge in [0.15, 0.2) is 0 Å². The Balaban J connectivity index is 2.16. The first-order valence-electron chi connectivity index (χ1n) is 12.2. The van der Waals surface area contributed by atoms with Gasteiger partial charge in [-0.05, 0) is 45.0 Å². The molecule has 9 heteroatoms. The molecule has 1 aromatic carbocycles. The highest BCUT2D eigenvalue weighted by Crippen LogP contribution is 2.24. The largest absolute Gasteiger partial charge is 0.355 e. The molecule has 0 radical (unpaired) electrons. The minimum absolute atomic E-state index is 0.00899. The van der Waals surface area contributed by atoms with E-state index in [9.17, 15) is 13.2 Å². The van der Waals surface area contributed by atoms with Gasteiger partial charge >= 0.3 is 0 Å². The van der Waals surface area contributed by atoms with Gasteiger partial charge < -0.3 is 9.88 Å². The molecule has 33 heavy (non-hydrogen) atoms. The van der Waals surface area contributed by atoms with Crippen LogP contribution in [0.2, 0.25) is 0 Å². The first-order valence-corrected chi connectivity index (χ1v) is 13.6. The van der Waals surface area contributed by atoms with Crippen molar-refractivity contribution in [2.45, 2.75) is 78.3 Å². The average Bonchev–Trinajstić information content (AvgIpc) is 3.12. The standard InChI is InChI=1S/C24H41N5O3S/c1-7-16-29-22-12-11-20(33(31,32)28(9-3)10-4)18-21(22)26-23(29)13-14-24(30)25-15-17-27(8-2)19(5)6/h11-12,18-19H,7-10,13-17H2,1-6H3,(H,25,30). The number of hydrogen-bond acceptors (Lipinski definition) is 5. The lowest BCUT2D eigenvalue weighted by atomic mass is 10.2. The normalized spacial score (nSPS) is 12.4. The summed E-state index contributed by atoms with van der Waals surface area (Å²) >= 11 is 0. The van der Waals surface area contributed by atoms with Gasteiger partial charge in [-0.25, -0.2) is 13.4 Å². The zero-order chi connectivity index (χ0) is 24.6. The van der Waals surface area contributed by atoms with Gasteiger partial charge in [0.25, 0.3) is 0 Å². The highest BCUT2D eigenvalue weighted by atomic mass is 32.2. The van der Waals surface area contributed by atoms with Crippen molar-refractivity contribution >= 4 is 27.0 Å². The van der Waals surface area contributed by atoms with Crippen LogP contribution in [0.3, 0.4) is 0 Å². The zero-order valence-corrected chi connectivity index (χ0v) is 21.9. The van der Waals surface area contributed by atoms with Gasteiger partial charge in [0, 0.05) is 51.6 Å². The van der Waals surface area contributed by atoms with Crippen molar-refractivity contribution in [3.63, 3.8) is 0 Å². The smallest absolute Gasteiger partial charge is 0.243 e. The molecule has 0 unspecified atom stereocenters. The quantitative estimate of drug-likeness (QED) is 0.449. The van der Waals surface area contributed by atoms with Gasteiger partial charge in [0.05, 0.1) is 15.9 Å². The molecule has 2 rings (SSSR count). The molecule has 0 atom stereocenters. The maximum absolute atomic E-state index is 12.9. The Kier molecular flexibility index (Phi) is 10.3. The summed E-state index contributed by atoms with van der Waals surface area (Å²) in [5, 5.41) is 3.01. The van der Waals surface area contributed by atoms with E-state index in [2.05, 4.69) is 42.5 Å². The molecular weight excluding hydrogens is 438 g/mol. The fourth-order valence-corrected chi connectivity index (χ4v) is 5.61. The van der Waals surface area contributed by atoms with Crippen molar-refractivity contribution in [2.75, 3.05) is 32.7 Å². The summed E-state index contributed by atoms with van der Waals surface area (Å²) < 4.78 is 29.4. The second-order valence-corrected chi connectivity index (χ2v) is 10.4. The van der Waals surface area contributed by atoms with Gasteiger partial charge in [-0.2, -0.15) is 4.31 Å². The van der Waals surface area contributed by atoms with Crippen molar-refractivity contribution in [2.24, 2.45) is 0 Å². The molecule has 0 aliphatic rings. The summed E-state index contributed by atoms with van der Waals surface area (Å²) in [6.07, 6.45) is 1.79. The minimum atomic E-state index is -3.54. The number of imidazole rings is 1. The Morgan fingerprint density at radius 1 is 1.12 bits per heavy atom. The molecule has 1 aromatic heterocycles. The monoisotopic (exact) mass is 479 g/mol. The van der Waals surface area contributed by atoms with E-state index in [1.807, 2.05) is 19.9 Å². The van der Waals surface area contributed by atoms with E-state index in [1.54, 1.807) is 12.1 Å². The van der Waals surface area contributed by atoms with Crippen molar-refractivity contribution in [1.82, 2.24) is 24.1 Å². The summed E-state index contributed by atoms with van der Waals surface area (Å²) in [5.41, 5.74) is 1.56. The van der Waals surface area contributed by atoms with Crippen LogP contribution in [-0.4, -0.2) is 71.8 Å². The Morgan fingerprint density at radius 3 is 2.39 bits per heavy atom. The number of carbonyl (C=O) groups excluding carboxylic acids is 1. The maximum atomic E-state index is 12.9. The Hall–Kier alpha value is -1.97. The van der Waals surface area contributed by atoms with Crippen LogP contribution in [0, 0.1) is 0 Å². The summed E-state index contributed by atoms with van der Waals surface area (Å²) in [6.45, 7) is 16.2. The molecule has 8 nitrogen and oxygen atoms in total. The third-order valence-corrected chi connectivity index (χ3v) is 8.07. The van der Waals surface area contributed by atoms with Gasteiger partial charge in [-0.1, -0.05) is 27.7 Å². The predicted molar refractivity (Wildman–Crippen MR) is 134 cm³/mol. The summed E-state index contributed by atoms with van der Waals surface area (Å²) in [7, 11) is -3.54. The van der Waals surface area contributed by atoms with Crippen LogP contribution in [0.1, 0.15) is 60.2 Å². The Morgan fingerprint density at radius 2 is 1.82 bits per heavy atom. The van der Waals surface area contributed by atoms with E-state index < -0.39 is 10.0 Å². The van der Waals surface area contributed by atoms with Crippen LogP contribution in [-0.2, 0) is 27.8 Å². The van der Waals surface area contributed by atoms with Crippen molar-refractivity contribution in [3.8, 4) is 0 Å². The number of rotatable bonds is 14. The number of sulfonamides is 1. The maximum Gasteiger partial charge on any atom is 0.243 e. The fourth-order valence-electron chi connectivity index (χ4n) is 4.13. The van der Waals surface area contributed by atoms with Crippen molar-refractivity contribution in [1.29, 1.82) is 0 Å². The van der Waals surface area contributed by atoms with Crippen LogP contribution >= 0.6 is 0 Å². The Labute approximate surface area is 199 Å². The number of amides is 1. The molecule has 2 aromatic rings. The van der Waals surface area contributed by atoms with Gasteiger partial charge in [0.2, 0.25) is 15.9 Å². The molecule has 1 N–H and O–H groups in total. The number of nitrogens with zero attached hydrogens (tertiary/aromatic N) is 4. The third-order valence-electron chi connectivity index (χ3n) is 6.02. The minimum Gasteiger partial charge on any atom is -0.355 e. The van der Waals surface area contributed by atoms with E-state index in [-0.39, 0.29) is 10.8 Å². The van der Waals surface area contributed by atoms with Crippen LogP contribution in [0.25, 0.3) is 11.0 Å². The molecule has 0 fully saturated rings. The number of likely N-dealkylation sites (N-methyl/N-ethyl adjacent to an activating group) is 1. The highest BCUT2D eigenvalue weighted by Gasteiger charge is 2.23. The molecule has 186 valence electrons. The van der Waals surface area contributed by atoms with Crippen molar-refractivity contribution in [3.05, 3.63) is 24.0 Å². The molecule has 0 saturated heterocycles. The fraction of sp³-hybridized carbons (Fsp3) is 0.667. The number of nitrogens with one attached hydrogen (secondary N) is 1. The zero-order valence-electron chi connectivity index (χ0n) is 21.1. The summed E-state index contributed by atoms with van der Waals surface area (Å²) in [4.78, 5) is 19.7. The number of carbonyl (C=O) groups is 1. The molecule has 1 heterocycles. The first-order chi connectivity index (χ1) is 15.7. The first kappa shape index (κ1) is 27.3. The van der Waals surface area contributed by atoms with Crippen LogP contribution in [0.15, 0.2) is 23.1 Å². The van der Waals surface area contributed by atoms with Gasteiger partial charge in [-0.15, -0.1) is 0 Å². The van der Waals surface area contributed by atoms with Crippen LogP contribution in [0.4, 0.5) is 0 Å². The van der Waals surface area contributed by atoms with Crippen LogP contribution < -0.4 is 5.32 Å². The van der Waals surface area contributed by atoms with Gasteiger partial charge in [-0.3, -0.25) is 9.69 Å². The van der Waals surface area contributed by atoms with Gasteiger partial charge in [0.1, 0.15) is 5.82 Å². The SMILES string of the molecule is CCCn1c(CCC(=O)NCCN(CC)C(C)C)nc2cc(S(=O)(=O)N(CC)CC)ccc21. The second kappa shape index (κ2) is 12.5. The van der Waals surface area contributed by atoms with E-state index in [4.69, 9.17) is 4.98 Å². The lowest BCUT2D eigenvalue weighted by Gasteiger charge is -2.24. The molecule has 0 aliphatic heterocycles. The number of aryl methyl sites for hydroxylation is 2. The lowest BCUT2D eigenvalue weighted by molar-refractivity contribution is -0.121. The molecule has 0 spiro atoms.